The molecule has 0 radical (unpaired) electrons. The number of allylic oxidation sites excluding steroid dienone is 10. The highest BCUT2D eigenvalue weighted by Crippen LogP contribution is 2.74. The van der Waals surface area contributed by atoms with Gasteiger partial charge in [-0.3, -0.25) is 0 Å². The summed E-state index contributed by atoms with van der Waals surface area (Å²) >= 11 is 7.04. The number of hydrogen-bond donors (Lipinski definition) is 0. The van der Waals surface area contributed by atoms with Crippen LogP contribution in [0.25, 0.3) is 0 Å². The highest BCUT2D eigenvalue weighted by Gasteiger charge is 2.54. The normalized spacial score (nSPS) is 42.5. The quantitative estimate of drug-likeness (QED) is 0.323. The molecule has 0 aromatic carbocycles. The van der Waals surface area contributed by atoms with Gasteiger partial charge in [0.15, 0.2) is 0 Å². The Kier molecular flexibility index (Phi) is 7.78. The maximum Gasteiger partial charge on any atom is 0.131 e. The minimum absolute atomic E-state index is 0.273. The summed E-state index contributed by atoms with van der Waals surface area (Å²) in [6, 6.07) is -1.91. The van der Waals surface area contributed by atoms with Crippen molar-refractivity contribution in [3.63, 3.8) is 0 Å². The lowest BCUT2D eigenvalue weighted by atomic mass is 9.97. The highest BCUT2D eigenvalue weighted by molar-refractivity contribution is 8.17. The van der Waals surface area contributed by atoms with Crippen molar-refractivity contribution in [1.29, 1.82) is 0 Å². The summed E-state index contributed by atoms with van der Waals surface area (Å²) in [5.74, 6) is 2.01. The third-order valence-electron chi connectivity index (χ3n) is 8.11. The van der Waals surface area contributed by atoms with Crippen molar-refractivity contribution in [2.75, 3.05) is 0 Å². The third kappa shape index (κ3) is 4.92. The molecule has 3 aliphatic carbocycles. The van der Waals surface area contributed by atoms with Gasteiger partial charge in [0.2, 0.25) is 0 Å². The molecule has 2 heterocycles. The van der Waals surface area contributed by atoms with Crippen LogP contribution in [0.15, 0.2) is 71.5 Å². The van der Waals surface area contributed by atoms with Gasteiger partial charge in [0.25, 0.3) is 0 Å². The zero-order valence-corrected chi connectivity index (χ0v) is 21.6. The molecule has 0 aromatic heterocycles. The molecule has 2 nitrogen and oxygen atoms in total. The molecule has 0 amide bonds. The van der Waals surface area contributed by atoms with Crippen LogP contribution in [0.2, 0.25) is 0 Å². The van der Waals surface area contributed by atoms with E-state index in [-0.39, 0.29) is 12.2 Å². The van der Waals surface area contributed by atoms with Crippen molar-refractivity contribution in [2.24, 2.45) is 0 Å². The van der Waals surface area contributed by atoms with Crippen LogP contribution in [-0.2, 0) is 21.3 Å². The van der Waals surface area contributed by atoms with Crippen molar-refractivity contribution in [3.05, 3.63) is 71.5 Å². The van der Waals surface area contributed by atoms with Crippen molar-refractivity contribution in [2.45, 2.75) is 107 Å². The molecule has 2 saturated carbocycles. The molecular weight excluding hydrogens is 443 g/mol. The van der Waals surface area contributed by atoms with Gasteiger partial charge >= 0.3 is 0 Å². The fourth-order valence-electron chi connectivity index (χ4n) is 6.52. The van der Waals surface area contributed by atoms with Gasteiger partial charge in [-0.1, -0.05) is 99.3 Å². The first kappa shape index (κ1) is 23.4. The minimum Gasteiger partial charge on any atom is -0.489 e. The fraction of sp³-hybridized carbons (Fsp3) is 0.586. The van der Waals surface area contributed by atoms with Crippen LogP contribution >= 0.6 is 6.04 Å². The lowest BCUT2D eigenvalue weighted by Gasteiger charge is -2.53. The van der Waals surface area contributed by atoms with Gasteiger partial charge in [-0.25, -0.2) is 0 Å². The molecule has 5 atom stereocenters. The standard InChI is InChI=1S/C29H39O2PS/c33-32-27-21-15-8-4-7-11-17-23(27)30-25-19-13-5-2-1-3-6-14-20-26(29(25)32)31-24-18-12-9-10-16-22-28(24)32/h1-3,5-6,13-14,19-20,23-24,27-28H,4,7-12,15-18,21-22H2/b2-1-,3-1?,5-2?,6-3-,13-5-,14-6?,19-13?,20-14-,25-19+,26-20?. The van der Waals surface area contributed by atoms with Crippen molar-refractivity contribution >= 4 is 17.8 Å². The molecule has 5 aliphatic rings. The second kappa shape index (κ2) is 11.0. The van der Waals surface area contributed by atoms with Gasteiger partial charge in [-0.2, -0.15) is 0 Å². The van der Waals surface area contributed by atoms with Gasteiger partial charge < -0.3 is 9.47 Å². The molecule has 33 heavy (non-hydrogen) atoms. The molecule has 3 fully saturated rings. The van der Waals surface area contributed by atoms with Crippen LogP contribution in [0.4, 0.5) is 0 Å². The lowest BCUT2D eigenvalue weighted by Crippen LogP contribution is -2.44. The molecule has 178 valence electrons. The first-order chi connectivity index (χ1) is 16.3. The Balaban J connectivity index is 1.68. The Morgan fingerprint density at radius 3 is 1.79 bits per heavy atom. The molecule has 0 spiro atoms. The number of hydrogen-bond acceptors (Lipinski definition) is 3. The average Bonchev–Trinajstić information content (AvgIpc) is 2.90. The molecule has 2 aliphatic heterocycles. The first-order valence-electron chi connectivity index (χ1n) is 13.3. The van der Waals surface area contributed by atoms with Crippen LogP contribution in [0.5, 0.6) is 0 Å². The van der Waals surface area contributed by atoms with Crippen LogP contribution < -0.4 is 0 Å². The summed E-state index contributed by atoms with van der Waals surface area (Å²) in [7, 11) is 0. The summed E-state index contributed by atoms with van der Waals surface area (Å²) in [4.78, 5) is 0. The van der Waals surface area contributed by atoms with E-state index in [9.17, 15) is 0 Å². The number of rotatable bonds is 0. The molecular formula is C29H39O2PS. The third-order valence-corrected chi connectivity index (χ3v) is 14.6. The van der Waals surface area contributed by atoms with Crippen LogP contribution in [-0.4, -0.2) is 23.5 Å². The van der Waals surface area contributed by atoms with E-state index in [0.717, 1.165) is 24.4 Å². The molecule has 0 aromatic rings. The van der Waals surface area contributed by atoms with Crippen LogP contribution in [0.1, 0.15) is 83.5 Å². The number of fused-ring (bicyclic) bond motifs is 4. The molecule has 1 saturated heterocycles. The Hall–Kier alpha value is -1.31. The van der Waals surface area contributed by atoms with Gasteiger partial charge in [0.05, 0.1) is 5.31 Å². The van der Waals surface area contributed by atoms with E-state index in [1.807, 2.05) is 0 Å². The largest absolute Gasteiger partial charge is 0.489 e. The molecule has 0 bridgehead atoms. The zero-order valence-electron chi connectivity index (χ0n) is 19.9. The molecule has 0 N–H and O–H groups in total. The van der Waals surface area contributed by atoms with Crippen molar-refractivity contribution < 1.29 is 9.47 Å². The Morgan fingerprint density at radius 1 is 0.606 bits per heavy atom. The summed E-state index contributed by atoms with van der Waals surface area (Å²) in [5, 5.41) is 1.28. The number of ether oxygens (including phenoxy) is 2. The maximum atomic E-state index is 7.04. The van der Waals surface area contributed by atoms with E-state index in [0.29, 0.717) is 11.3 Å². The van der Waals surface area contributed by atoms with Crippen LogP contribution in [0.3, 0.4) is 0 Å². The van der Waals surface area contributed by atoms with E-state index >= 15 is 0 Å². The monoisotopic (exact) mass is 482 g/mol. The maximum absolute atomic E-state index is 7.04. The van der Waals surface area contributed by atoms with Crippen molar-refractivity contribution in [1.82, 2.24) is 0 Å². The van der Waals surface area contributed by atoms with E-state index in [1.165, 1.54) is 75.9 Å². The Morgan fingerprint density at radius 2 is 1.12 bits per heavy atom. The van der Waals surface area contributed by atoms with Crippen LogP contribution in [0, 0.1) is 0 Å². The fourth-order valence-corrected chi connectivity index (χ4v) is 13.1. The predicted octanol–water partition coefficient (Wildman–Crippen LogP) is 8.43. The highest BCUT2D eigenvalue weighted by atomic mass is 32.4. The lowest BCUT2D eigenvalue weighted by molar-refractivity contribution is 0.0731. The molecule has 5 unspecified atom stereocenters. The van der Waals surface area contributed by atoms with Crippen molar-refractivity contribution in [3.8, 4) is 0 Å². The minimum atomic E-state index is -1.91. The first-order valence-corrected chi connectivity index (χ1v) is 16.3. The van der Waals surface area contributed by atoms with E-state index in [1.54, 1.807) is 0 Å². The van der Waals surface area contributed by atoms with Gasteiger partial charge in [-0.05, 0) is 50.7 Å². The Labute approximate surface area is 205 Å². The SMILES string of the molecule is S=P12C3=C(\C=C/C=C\C=C/C=C\C=C3\OC3CCCCCCCC31)OC1CCCCCCC12. The zero-order chi connectivity index (χ0) is 22.5. The van der Waals surface area contributed by atoms with E-state index < -0.39 is 6.04 Å². The summed E-state index contributed by atoms with van der Waals surface area (Å²) in [5.41, 5.74) is 1.01. The summed E-state index contributed by atoms with van der Waals surface area (Å²) in [6.45, 7) is 0. The van der Waals surface area contributed by atoms with Gasteiger partial charge in [-0.15, -0.1) is 0 Å². The molecule has 5 rings (SSSR count). The average molecular weight is 483 g/mol. The van der Waals surface area contributed by atoms with E-state index in [2.05, 4.69) is 54.7 Å². The summed E-state index contributed by atoms with van der Waals surface area (Å²) in [6.07, 6.45) is 36.1. The predicted molar refractivity (Wildman–Crippen MR) is 143 cm³/mol. The smallest absolute Gasteiger partial charge is 0.131 e. The second-order valence-electron chi connectivity index (χ2n) is 10.3. The second-order valence-corrected chi connectivity index (χ2v) is 15.3. The van der Waals surface area contributed by atoms with Gasteiger partial charge in [0.1, 0.15) is 23.7 Å². The van der Waals surface area contributed by atoms with Gasteiger partial charge in [0, 0.05) is 17.4 Å². The topological polar surface area (TPSA) is 18.5 Å². The molecule has 4 heteroatoms. The summed E-state index contributed by atoms with van der Waals surface area (Å²) < 4.78 is 13.7. The van der Waals surface area contributed by atoms with E-state index in [4.69, 9.17) is 21.3 Å². The Bertz CT molecular complexity index is 937.